The molecule has 26 heavy (non-hydrogen) atoms. The van der Waals surface area contributed by atoms with E-state index in [0.29, 0.717) is 37.7 Å². The third-order valence-electron chi connectivity index (χ3n) is 4.20. The molecule has 1 atom stereocenters. The fourth-order valence-corrected chi connectivity index (χ4v) is 4.28. The van der Waals surface area contributed by atoms with Gasteiger partial charge in [0, 0.05) is 6.54 Å². The van der Waals surface area contributed by atoms with Gasteiger partial charge in [0.1, 0.15) is 0 Å². The van der Waals surface area contributed by atoms with E-state index in [1.807, 2.05) is 19.9 Å². The van der Waals surface area contributed by atoms with Gasteiger partial charge < -0.3 is 14.2 Å². The lowest BCUT2D eigenvalue weighted by Gasteiger charge is -2.35. The molecular formula is C18H27NO6S. The van der Waals surface area contributed by atoms with Gasteiger partial charge in [0.05, 0.1) is 38.5 Å². The van der Waals surface area contributed by atoms with Crippen molar-refractivity contribution >= 4 is 16.0 Å². The van der Waals surface area contributed by atoms with E-state index in [1.54, 1.807) is 13.0 Å². The summed E-state index contributed by atoms with van der Waals surface area (Å²) in [6.07, 6.45) is 1.68. The molecule has 0 fully saturated rings. The Morgan fingerprint density at radius 2 is 1.73 bits per heavy atom. The Labute approximate surface area is 155 Å². The second-order valence-electron chi connectivity index (χ2n) is 6.01. The van der Waals surface area contributed by atoms with Gasteiger partial charge in [-0.25, -0.2) is 8.42 Å². The SMILES string of the molecule is CCOC(=O)CC1c2cc(OCC)c(OCC)cc2CCN1S(C)(=O)=O. The van der Waals surface area contributed by atoms with Gasteiger partial charge in [-0.1, -0.05) is 0 Å². The highest BCUT2D eigenvalue weighted by atomic mass is 32.2. The third-order valence-corrected chi connectivity index (χ3v) is 5.49. The molecule has 0 radical (unpaired) electrons. The number of ether oxygens (including phenoxy) is 3. The summed E-state index contributed by atoms with van der Waals surface area (Å²) in [5.41, 5.74) is 1.73. The summed E-state index contributed by atoms with van der Waals surface area (Å²) in [7, 11) is -3.47. The number of benzene rings is 1. The van der Waals surface area contributed by atoms with Crippen LogP contribution in [0.1, 0.15) is 44.4 Å². The topological polar surface area (TPSA) is 82.1 Å². The molecular weight excluding hydrogens is 358 g/mol. The first-order chi connectivity index (χ1) is 12.3. The van der Waals surface area contributed by atoms with E-state index in [-0.39, 0.29) is 13.0 Å². The summed E-state index contributed by atoms with van der Waals surface area (Å²) < 4.78 is 42.2. The zero-order chi connectivity index (χ0) is 19.3. The summed E-state index contributed by atoms with van der Waals surface area (Å²) in [4.78, 5) is 12.1. The Bertz CT molecular complexity index is 746. The van der Waals surface area contributed by atoms with Crippen molar-refractivity contribution in [2.45, 2.75) is 39.7 Å². The van der Waals surface area contributed by atoms with Gasteiger partial charge in [-0.2, -0.15) is 4.31 Å². The minimum absolute atomic E-state index is 0.0343. The van der Waals surface area contributed by atoms with Crippen LogP contribution in [0.4, 0.5) is 0 Å². The molecule has 0 bridgehead atoms. The minimum atomic E-state index is -3.47. The molecule has 1 heterocycles. The lowest BCUT2D eigenvalue weighted by Crippen LogP contribution is -2.40. The summed E-state index contributed by atoms with van der Waals surface area (Å²) in [5, 5.41) is 0. The Morgan fingerprint density at radius 3 is 2.27 bits per heavy atom. The highest BCUT2D eigenvalue weighted by molar-refractivity contribution is 7.88. The number of carbonyl (C=O) groups is 1. The molecule has 0 saturated carbocycles. The minimum Gasteiger partial charge on any atom is -0.490 e. The molecule has 7 nitrogen and oxygen atoms in total. The molecule has 1 unspecified atom stereocenters. The predicted molar refractivity (Wildman–Crippen MR) is 98.0 cm³/mol. The van der Waals surface area contributed by atoms with E-state index in [0.717, 1.165) is 17.4 Å². The van der Waals surface area contributed by atoms with Crippen molar-refractivity contribution in [1.29, 1.82) is 0 Å². The number of sulfonamides is 1. The molecule has 1 aromatic carbocycles. The van der Waals surface area contributed by atoms with E-state index in [9.17, 15) is 13.2 Å². The summed E-state index contributed by atoms with van der Waals surface area (Å²) in [6.45, 7) is 7.01. The number of carbonyl (C=O) groups excluding carboxylic acids is 1. The Balaban J connectivity index is 2.50. The van der Waals surface area contributed by atoms with E-state index < -0.39 is 22.0 Å². The Kier molecular flexibility index (Phi) is 6.88. The van der Waals surface area contributed by atoms with E-state index >= 15 is 0 Å². The first-order valence-corrected chi connectivity index (χ1v) is 10.7. The highest BCUT2D eigenvalue weighted by Crippen LogP contribution is 2.40. The quantitative estimate of drug-likeness (QED) is 0.639. The molecule has 0 amide bonds. The normalized spacial score (nSPS) is 17.5. The number of fused-ring (bicyclic) bond motifs is 1. The zero-order valence-corrected chi connectivity index (χ0v) is 16.6. The molecule has 2 rings (SSSR count). The first-order valence-electron chi connectivity index (χ1n) is 8.86. The van der Waals surface area contributed by atoms with Crippen LogP contribution in [0, 0.1) is 0 Å². The maximum absolute atomic E-state index is 12.2. The monoisotopic (exact) mass is 385 g/mol. The van der Waals surface area contributed by atoms with Gasteiger partial charge in [-0.05, 0) is 50.5 Å². The lowest BCUT2D eigenvalue weighted by molar-refractivity contribution is -0.144. The highest BCUT2D eigenvalue weighted by Gasteiger charge is 2.36. The molecule has 1 aromatic rings. The van der Waals surface area contributed by atoms with Crippen LogP contribution in [-0.2, 0) is 26.0 Å². The zero-order valence-electron chi connectivity index (χ0n) is 15.8. The number of hydrogen-bond acceptors (Lipinski definition) is 6. The van der Waals surface area contributed by atoms with Crippen molar-refractivity contribution in [1.82, 2.24) is 4.31 Å². The van der Waals surface area contributed by atoms with Crippen LogP contribution in [0.2, 0.25) is 0 Å². The van der Waals surface area contributed by atoms with Crippen LogP contribution in [0.5, 0.6) is 11.5 Å². The van der Waals surface area contributed by atoms with Crippen molar-refractivity contribution in [3.63, 3.8) is 0 Å². The maximum atomic E-state index is 12.2. The molecule has 146 valence electrons. The number of hydrogen-bond donors (Lipinski definition) is 0. The second-order valence-corrected chi connectivity index (χ2v) is 7.95. The lowest BCUT2D eigenvalue weighted by atomic mass is 9.91. The Hall–Kier alpha value is -1.80. The van der Waals surface area contributed by atoms with Gasteiger partial charge in [-0.15, -0.1) is 0 Å². The van der Waals surface area contributed by atoms with Crippen LogP contribution in [0.15, 0.2) is 12.1 Å². The van der Waals surface area contributed by atoms with Crippen LogP contribution < -0.4 is 9.47 Å². The molecule has 0 spiro atoms. The average Bonchev–Trinajstić information content (AvgIpc) is 2.55. The van der Waals surface area contributed by atoms with E-state index in [2.05, 4.69) is 0 Å². The van der Waals surface area contributed by atoms with Crippen LogP contribution in [-0.4, -0.2) is 51.3 Å². The number of nitrogens with zero attached hydrogens (tertiary/aromatic N) is 1. The summed E-state index contributed by atoms with van der Waals surface area (Å²) >= 11 is 0. The summed E-state index contributed by atoms with van der Waals surface area (Å²) in [5.74, 6) is 0.763. The number of rotatable bonds is 8. The number of esters is 1. The largest absolute Gasteiger partial charge is 0.490 e. The fourth-order valence-electron chi connectivity index (χ4n) is 3.21. The average molecular weight is 385 g/mol. The molecule has 1 aliphatic rings. The van der Waals surface area contributed by atoms with Gasteiger partial charge in [0.2, 0.25) is 10.0 Å². The molecule has 8 heteroatoms. The van der Waals surface area contributed by atoms with E-state index in [4.69, 9.17) is 14.2 Å². The maximum Gasteiger partial charge on any atom is 0.307 e. The first kappa shape index (κ1) is 20.5. The van der Waals surface area contributed by atoms with Crippen molar-refractivity contribution < 1.29 is 27.4 Å². The standard InChI is InChI=1S/C18H27NO6S/c1-5-23-16-10-13-8-9-19(26(4,21)22)15(12-18(20)25-7-3)14(13)11-17(16)24-6-2/h10-11,15H,5-9,12H2,1-4H3. The van der Waals surface area contributed by atoms with Crippen LogP contribution >= 0.6 is 0 Å². The Morgan fingerprint density at radius 1 is 1.12 bits per heavy atom. The van der Waals surface area contributed by atoms with Gasteiger partial charge >= 0.3 is 5.97 Å². The summed E-state index contributed by atoms with van der Waals surface area (Å²) in [6, 6.07) is 3.08. The van der Waals surface area contributed by atoms with Gasteiger partial charge in [-0.3, -0.25) is 4.79 Å². The van der Waals surface area contributed by atoms with Crippen molar-refractivity contribution in [2.75, 3.05) is 32.6 Å². The fraction of sp³-hybridized carbons (Fsp3) is 0.611. The molecule has 0 aliphatic carbocycles. The van der Waals surface area contributed by atoms with Crippen molar-refractivity contribution in [3.05, 3.63) is 23.3 Å². The molecule has 0 saturated heterocycles. The smallest absolute Gasteiger partial charge is 0.307 e. The van der Waals surface area contributed by atoms with Crippen molar-refractivity contribution in [2.24, 2.45) is 0 Å². The molecule has 0 N–H and O–H groups in total. The van der Waals surface area contributed by atoms with Crippen LogP contribution in [0.25, 0.3) is 0 Å². The molecule has 0 aromatic heterocycles. The second kappa shape index (κ2) is 8.73. The van der Waals surface area contributed by atoms with E-state index in [1.165, 1.54) is 4.31 Å². The van der Waals surface area contributed by atoms with Gasteiger partial charge in [0.15, 0.2) is 11.5 Å². The van der Waals surface area contributed by atoms with Gasteiger partial charge in [0.25, 0.3) is 0 Å². The molecule has 1 aliphatic heterocycles. The predicted octanol–water partition coefficient (Wildman–Crippen LogP) is 2.30. The van der Waals surface area contributed by atoms with Crippen LogP contribution in [0.3, 0.4) is 0 Å². The third kappa shape index (κ3) is 4.67. The van der Waals surface area contributed by atoms with Crippen molar-refractivity contribution in [3.8, 4) is 11.5 Å².